The van der Waals surface area contributed by atoms with Crippen molar-refractivity contribution >= 4 is 11.7 Å². The summed E-state index contributed by atoms with van der Waals surface area (Å²) in [5, 5.41) is 9.91. The fourth-order valence-electron chi connectivity index (χ4n) is 1.93. The van der Waals surface area contributed by atoms with E-state index < -0.39 is 0 Å². The highest BCUT2D eigenvalue weighted by Gasteiger charge is 2.07. The number of hydrogen-bond donors (Lipinski definition) is 2. The maximum absolute atomic E-state index is 11.8. The number of amides is 2. The van der Waals surface area contributed by atoms with Crippen LogP contribution in [0, 0.1) is 0 Å². The molecular weight excluding hydrogens is 252 g/mol. The van der Waals surface area contributed by atoms with Crippen LogP contribution in [0.15, 0.2) is 42.7 Å². The van der Waals surface area contributed by atoms with Crippen LogP contribution in [0.4, 0.5) is 10.5 Å². The number of carbonyl (C=O) groups is 1. The lowest BCUT2D eigenvalue weighted by Crippen LogP contribution is -2.29. The van der Waals surface area contributed by atoms with E-state index in [1.54, 1.807) is 10.9 Å². The molecule has 2 rings (SSSR count). The summed E-state index contributed by atoms with van der Waals surface area (Å²) in [7, 11) is 0. The Hall–Kier alpha value is -2.30. The van der Waals surface area contributed by atoms with Crippen molar-refractivity contribution in [1.29, 1.82) is 0 Å². The van der Waals surface area contributed by atoms with Crippen LogP contribution in [0.3, 0.4) is 0 Å². The number of rotatable bonds is 6. The van der Waals surface area contributed by atoms with Gasteiger partial charge in [-0.2, -0.15) is 5.10 Å². The van der Waals surface area contributed by atoms with E-state index >= 15 is 0 Å². The first-order chi connectivity index (χ1) is 9.81. The lowest BCUT2D eigenvalue weighted by atomic mass is 10.2. The van der Waals surface area contributed by atoms with Gasteiger partial charge in [-0.25, -0.2) is 9.48 Å². The van der Waals surface area contributed by atoms with Crippen LogP contribution >= 0.6 is 0 Å². The normalized spacial score (nSPS) is 10.2. The van der Waals surface area contributed by atoms with Crippen molar-refractivity contribution in [3.8, 4) is 5.69 Å². The average Bonchev–Trinajstić information content (AvgIpc) is 2.98. The third-order valence-corrected chi connectivity index (χ3v) is 2.97. The highest BCUT2D eigenvalue weighted by Crippen LogP contribution is 2.18. The van der Waals surface area contributed by atoms with Crippen molar-refractivity contribution in [1.82, 2.24) is 15.1 Å². The summed E-state index contributed by atoms with van der Waals surface area (Å²) in [5.74, 6) is 0. The van der Waals surface area contributed by atoms with Gasteiger partial charge in [-0.15, -0.1) is 0 Å². The zero-order valence-electron chi connectivity index (χ0n) is 11.7. The Morgan fingerprint density at radius 1 is 1.25 bits per heavy atom. The second-order valence-electron chi connectivity index (χ2n) is 4.56. The van der Waals surface area contributed by atoms with Crippen molar-refractivity contribution in [2.45, 2.75) is 26.2 Å². The Bertz CT molecular complexity index is 537. The van der Waals surface area contributed by atoms with Gasteiger partial charge in [-0.3, -0.25) is 0 Å². The van der Waals surface area contributed by atoms with Gasteiger partial charge in [0.2, 0.25) is 0 Å². The summed E-state index contributed by atoms with van der Waals surface area (Å²) in [6.07, 6.45) is 6.83. The second-order valence-corrected chi connectivity index (χ2v) is 4.56. The van der Waals surface area contributed by atoms with Crippen molar-refractivity contribution < 1.29 is 4.79 Å². The van der Waals surface area contributed by atoms with Crippen LogP contribution in [0.5, 0.6) is 0 Å². The molecule has 1 aromatic carbocycles. The van der Waals surface area contributed by atoms with E-state index in [1.165, 1.54) is 0 Å². The van der Waals surface area contributed by atoms with E-state index in [9.17, 15) is 4.79 Å². The first kappa shape index (κ1) is 14.1. The molecule has 0 fully saturated rings. The predicted molar refractivity (Wildman–Crippen MR) is 80.1 cm³/mol. The fourth-order valence-corrected chi connectivity index (χ4v) is 1.93. The molecule has 5 nitrogen and oxygen atoms in total. The molecule has 2 aromatic rings. The van der Waals surface area contributed by atoms with Crippen LogP contribution in [-0.2, 0) is 0 Å². The van der Waals surface area contributed by atoms with Gasteiger partial charge in [-0.05, 0) is 24.6 Å². The number of hydrogen-bond acceptors (Lipinski definition) is 2. The third kappa shape index (κ3) is 3.85. The Kier molecular flexibility index (Phi) is 5.17. The van der Waals surface area contributed by atoms with E-state index in [2.05, 4.69) is 22.7 Å². The Labute approximate surface area is 119 Å². The lowest BCUT2D eigenvalue weighted by Gasteiger charge is -2.11. The quantitative estimate of drug-likeness (QED) is 0.793. The molecule has 20 heavy (non-hydrogen) atoms. The topological polar surface area (TPSA) is 59.0 Å². The zero-order chi connectivity index (χ0) is 14.2. The molecule has 1 aromatic heterocycles. The van der Waals surface area contributed by atoms with Gasteiger partial charge >= 0.3 is 6.03 Å². The average molecular weight is 272 g/mol. The van der Waals surface area contributed by atoms with Crippen LogP contribution in [0.1, 0.15) is 26.2 Å². The van der Waals surface area contributed by atoms with Crippen molar-refractivity contribution in [3.63, 3.8) is 0 Å². The number of carbonyl (C=O) groups excluding carboxylic acids is 1. The molecule has 2 amide bonds. The van der Waals surface area contributed by atoms with Crippen molar-refractivity contribution in [2.24, 2.45) is 0 Å². The van der Waals surface area contributed by atoms with Crippen LogP contribution in [0.2, 0.25) is 0 Å². The van der Waals surface area contributed by atoms with Crippen molar-refractivity contribution in [2.75, 3.05) is 11.9 Å². The van der Waals surface area contributed by atoms with Gasteiger partial charge in [0.05, 0.1) is 11.4 Å². The first-order valence-corrected chi connectivity index (χ1v) is 6.95. The summed E-state index contributed by atoms with van der Waals surface area (Å²) in [6.45, 7) is 2.84. The smallest absolute Gasteiger partial charge is 0.319 e. The van der Waals surface area contributed by atoms with Crippen LogP contribution in [-0.4, -0.2) is 22.4 Å². The number of anilines is 1. The van der Waals surface area contributed by atoms with Gasteiger partial charge in [-0.1, -0.05) is 31.9 Å². The molecule has 1 heterocycles. The van der Waals surface area contributed by atoms with E-state index in [0.717, 1.165) is 30.6 Å². The summed E-state index contributed by atoms with van der Waals surface area (Å²) in [5.41, 5.74) is 1.59. The highest BCUT2D eigenvalue weighted by atomic mass is 16.2. The summed E-state index contributed by atoms with van der Waals surface area (Å²) >= 11 is 0. The number of unbranched alkanes of at least 4 members (excludes halogenated alkanes) is 2. The van der Waals surface area contributed by atoms with Gasteiger partial charge in [0.1, 0.15) is 0 Å². The maximum Gasteiger partial charge on any atom is 0.319 e. The number of aromatic nitrogens is 2. The fraction of sp³-hybridized carbons (Fsp3) is 0.333. The molecule has 0 unspecified atom stereocenters. The molecule has 0 bridgehead atoms. The number of urea groups is 1. The number of nitrogens with zero attached hydrogens (tertiary/aromatic N) is 2. The Morgan fingerprint density at radius 3 is 2.85 bits per heavy atom. The van der Waals surface area contributed by atoms with Crippen LogP contribution < -0.4 is 10.6 Å². The molecule has 5 heteroatoms. The molecule has 0 aliphatic rings. The third-order valence-electron chi connectivity index (χ3n) is 2.97. The molecule has 0 saturated carbocycles. The minimum atomic E-state index is -0.180. The Morgan fingerprint density at radius 2 is 2.10 bits per heavy atom. The van der Waals surface area contributed by atoms with E-state index in [4.69, 9.17) is 0 Å². The molecule has 106 valence electrons. The molecule has 0 aliphatic carbocycles. The minimum Gasteiger partial charge on any atom is -0.338 e. The number of nitrogens with one attached hydrogen (secondary N) is 2. The maximum atomic E-state index is 11.8. The predicted octanol–water partition coefficient (Wildman–Crippen LogP) is 3.18. The van der Waals surface area contributed by atoms with E-state index in [0.29, 0.717) is 6.54 Å². The molecule has 0 saturated heterocycles. The molecule has 0 spiro atoms. The van der Waals surface area contributed by atoms with Gasteiger partial charge in [0.15, 0.2) is 0 Å². The summed E-state index contributed by atoms with van der Waals surface area (Å²) < 4.78 is 1.73. The lowest BCUT2D eigenvalue weighted by molar-refractivity contribution is 0.252. The van der Waals surface area contributed by atoms with Crippen LogP contribution in [0.25, 0.3) is 5.69 Å². The number of benzene rings is 1. The van der Waals surface area contributed by atoms with E-state index in [-0.39, 0.29) is 6.03 Å². The Balaban J connectivity index is 1.97. The van der Waals surface area contributed by atoms with E-state index in [1.807, 2.05) is 36.5 Å². The molecule has 0 atom stereocenters. The standard InChI is InChI=1S/C15H20N4O/c1-2-3-6-10-16-15(20)18-13-8-4-5-9-14(13)19-12-7-11-17-19/h4-5,7-9,11-12H,2-3,6,10H2,1H3,(H2,16,18,20). The summed E-state index contributed by atoms with van der Waals surface area (Å²) in [4.78, 5) is 11.8. The van der Waals surface area contributed by atoms with Gasteiger partial charge in [0, 0.05) is 18.9 Å². The molecule has 0 aliphatic heterocycles. The minimum absolute atomic E-state index is 0.180. The zero-order valence-corrected chi connectivity index (χ0v) is 11.7. The van der Waals surface area contributed by atoms with Gasteiger partial charge in [0.25, 0.3) is 0 Å². The highest BCUT2D eigenvalue weighted by molar-refractivity contribution is 5.91. The first-order valence-electron chi connectivity index (χ1n) is 6.95. The SMILES string of the molecule is CCCCCNC(=O)Nc1ccccc1-n1cccn1. The summed E-state index contributed by atoms with van der Waals surface area (Å²) in [6, 6.07) is 9.26. The second kappa shape index (κ2) is 7.33. The molecule has 2 N–H and O–H groups in total. The van der Waals surface area contributed by atoms with Crippen molar-refractivity contribution in [3.05, 3.63) is 42.7 Å². The number of para-hydroxylation sites is 2. The molecule has 0 radical (unpaired) electrons. The molecular formula is C15H20N4O. The largest absolute Gasteiger partial charge is 0.338 e. The van der Waals surface area contributed by atoms with Gasteiger partial charge < -0.3 is 10.6 Å². The monoisotopic (exact) mass is 272 g/mol.